The van der Waals surface area contributed by atoms with E-state index in [-0.39, 0.29) is 24.0 Å². The molecule has 1 amide bonds. The first-order valence-corrected chi connectivity index (χ1v) is 10.5. The van der Waals surface area contributed by atoms with Gasteiger partial charge < -0.3 is 9.64 Å². The zero-order valence-corrected chi connectivity index (χ0v) is 16.6. The largest absolute Gasteiger partial charge is 0.380 e. The first-order chi connectivity index (χ1) is 11.7. The number of carbonyl (C=O) groups is 1. The molecular weight excluding hydrogens is 364 g/mol. The van der Waals surface area contributed by atoms with Gasteiger partial charge in [-0.2, -0.15) is 17.4 Å². The van der Waals surface area contributed by atoms with E-state index in [1.165, 1.54) is 25.4 Å². The van der Waals surface area contributed by atoms with Gasteiger partial charge in [-0.05, 0) is 19.3 Å². The molecule has 0 radical (unpaired) electrons. The quantitative estimate of drug-likeness (QED) is 0.739. The van der Waals surface area contributed by atoms with Crippen LogP contribution in [0.5, 0.6) is 0 Å². The molecule has 10 heteroatoms. The Hall–Kier alpha value is -1.07. The maximum Gasteiger partial charge on any atom is 0.279 e. The van der Waals surface area contributed by atoms with Crippen LogP contribution in [0.4, 0.5) is 0 Å². The third kappa shape index (κ3) is 5.20. The van der Waals surface area contributed by atoms with Gasteiger partial charge in [0.1, 0.15) is 0 Å². The Morgan fingerprint density at radius 3 is 2.68 bits per heavy atom. The number of ether oxygens (including phenoxy) is 1. The zero-order chi connectivity index (χ0) is 18.6. The number of hydrogen-bond acceptors (Lipinski definition) is 6. The van der Waals surface area contributed by atoms with Gasteiger partial charge in [0.05, 0.1) is 23.9 Å². The lowest BCUT2D eigenvalue weighted by atomic mass is 9.83. The second kappa shape index (κ2) is 8.54. The zero-order valence-electron chi connectivity index (χ0n) is 15.0. The van der Waals surface area contributed by atoms with Crippen LogP contribution in [0, 0.1) is 5.92 Å². The minimum absolute atomic E-state index is 0.0453. The molecule has 1 aliphatic carbocycles. The summed E-state index contributed by atoms with van der Waals surface area (Å²) in [5.74, 6) is -0.127. The van der Waals surface area contributed by atoms with Crippen molar-refractivity contribution in [2.24, 2.45) is 5.92 Å². The van der Waals surface area contributed by atoms with Crippen molar-refractivity contribution < 1.29 is 17.9 Å². The molecule has 0 aromatic carbocycles. The van der Waals surface area contributed by atoms with Crippen molar-refractivity contribution in [2.45, 2.75) is 38.0 Å². The van der Waals surface area contributed by atoms with Crippen molar-refractivity contribution >= 4 is 27.5 Å². The number of hydrogen-bond donors (Lipinski definition) is 1. The van der Waals surface area contributed by atoms with Gasteiger partial charge in [0.15, 0.2) is 0 Å². The first kappa shape index (κ1) is 20.2. The summed E-state index contributed by atoms with van der Waals surface area (Å²) in [5.41, 5.74) is 2.62. The van der Waals surface area contributed by atoms with Crippen LogP contribution in [0.25, 0.3) is 0 Å². The number of methoxy groups -OCH3 is 1. The Kier molecular flexibility index (Phi) is 6.92. The fourth-order valence-corrected chi connectivity index (χ4v) is 4.41. The first-order valence-electron chi connectivity index (χ1n) is 8.09. The summed E-state index contributed by atoms with van der Waals surface area (Å²) in [6.07, 6.45) is 1.36. The number of rotatable bonds is 7. The molecule has 0 bridgehead atoms. The van der Waals surface area contributed by atoms with E-state index in [1.807, 2.05) is 5.38 Å². The van der Waals surface area contributed by atoms with Gasteiger partial charge in [-0.1, -0.05) is 0 Å². The minimum atomic E-state index is -3.53. The summed E-state index contributed by atoms with van der Waals surface area (Å²) < 4.78 is 33.3. The Morgan fingerprint density at radius 1 is 1.40 bits per heavy atom. The van der Waals surface area contributed by atoms with E-state index < -0.39 is 10.2 Å². The summed E-state index contributed by atoms with van der Waals surface area (Å²) >= 11 is 1.50. The molecule has 0 spiro atoms. The molecule has 2 rings (SSSR count). The second-order valence-electron chi connectivity index (χ2n) is 6.47. The van der Waals surface area contributed by atoms with Crippen molar-refractivity contribution in [2.75, 3.05) is 28.3 Å². The number of amides is 1. The third-order valence-electron chi connectivity index (χ3n) is 4.48. The van der Waals surface area contributed by atoms with Gasteiger partial charge >= 0.3 is 0 Å². The van der Waals surface area contributed by atoms with Crippen molar-refractivity contribution in [1.29, 1.82) is 0 Å². The predicted molar refractivity (Wildman–Crippen MR) is 96.3 cm³/mol. The van der Waals surface area contributed by atoms with E-state index in [9.17, 15) is 13.2 Å². The fourth-order valence-electron chi connectivity index (χ4n) is 2.99. The highest BCUT2D eigenvalue weighted by Crippen LogP contribution is 2.29. The van der Waals surface area contributed by atoms with Gasteiger partial charge in [-0.25, -0.2) is 4.98 Å². The average Bonchev–Trinajstić information content (AvgIpc) is 3.07. The van der Waals surface area contributed by atoms with E-state index in [0.717, 1.165) is 10.00 Å². The summed E-state index contributed by atoms with van der Waals surface area (Å²) in [5, 5.41) is 1.93. The van der Waals surface area contributed by atoms with Crippen LogP contribution in [-0.4, -0.2) is 68.9 Å². The molecule has 25 heavy (non-hydrogen) atoms. The molecule has 1 aromatic rings. The minimum Gasteiger partial charge on any atom is -0.380 e. The summed E-state index contributed by atoms with van der Waals surface area (Å²) in [4.78, 5) is 18.6. The number of nitrogens with zero attached hydrogens (tertiary/aromatic N) is 3. The lowest BCUT2D eigenvalue weighted by Crippen LogP contribution is -2.52. The van der Waals surface area contributed by atoms with Crippen molar-refractivity contribution in [3.05, 3.63) is 16.6 Å². The number of thiazole rings is 1. The molecule has 1 aromatic heterocycles. The van der Waals surface area contributed by atoms with Gasteiger partial charge in [0, 0.05) is 45.6 Å². The van der Waals surface area contributed by atoms with Crippen LogP contribution in [0.3, 0.4) is 0 Å². The van der Waals surface area contributed by atoms with E-state index in [2.05, 4.69) is 9.71 Å². The highest BCUT2D eigenvalue weighted by Gasteiger charge is 2.37. The van der Waals surface area contributed by atoms with E-state index in [0.29, 0.717) is 25.8 Å². The van der Waals surface area contributed by atoms with E-state index >= 15 is 0 Å². The Labute approximate surface area is 153 Å². The molecule has 3 atom stereocenters. The summed E-state index contributed by atoms with van der Waals surface area (Å²) in [7, 11) is 2.75. The predicted octanol–water partition coefficient (Wildman–Crippen LogP) is 0.681. The van der Waals surface area contributed by atoms with Crippen LogP contribution in [0.15, 0.2) is 10.9 Å². The molecule has 1 fully saturated rings. The second-order valence-corrected chi connectivity index (χ2v) is 9.10. The SMILES string of the molecule is CO[C@@H]1C[C@@H](C(=O)N(C)Cc2cscn2)CC[C@H]1NS(=O)(=O)N(C)C. The Morgan fingerprint density at radius 2 is 2.12 bits per heavy atom. The van der Waals surface area contributed by atoms with Crippen LogP contribution in [0.2, 0.25) is 0 Å². The third-order valence-corrected chi connectivity index (χ3v) is 6.68. The normalized spacial score (nSPS) is 24.4. The Bertz CT molecular complexity index is 663. The number of carbonyl (C=O) groups excluding carboxylic acids is 1. The molecule has 1 saturated carbocycles. The number of aromatic nitrogens is 1. The van der Waals surface area contributed by atoms with Crippen LogP contribution in [0.1, 0.15) is 25.0 Å². The molecule has 1 heterocycles. The Balaban J connectivity index is 1.97. The molecule has 0 aliphatic heterocycles. The highest BCUT2D eigenvalue weighted by atomic mass is 32.2. The maximum atomic E-state index is 12.7. The fraction of sp³-hybridized carbons (Fsp3) is 0.733. The van der Waals surface area contributed by atoms with Crippen LogP contribution >= 0.6 is 11.3 Å². The van der Waals surface area contributed by atoms with Gasteiger partial charge in [0.2, 0.25) is 5.91 Å². The average molecular weight is 391 g/mol. The monoisotopic (exact) mass is 390 g/mol. The van der Waals surface area contributed by atoms with Gasteiger partial charge in [0.25, 0.3) is 10.2 Å². The van der Waals surface area contributed by atoms with Crippen molar-refractivity contribution in [3.63, 3.8) is 0 Å². The topological polar surface area (TPSA) is 91.8 Å². The van der Waals surface area contributed by atoms with Crippen LogP contribution in [-0.2, 0) is 26.3 Å². The molecule has 1 N–H and O–H groups in total. The van der Waals surface area contributed by atoms with Crippen molar-refractivity contribution in [1.82, 2.24) is 18.9 Å². The van der Waals surface area contributed by atoms with E-state index in [1.54, 1.807) is 24.6 Å². The maximum absolute atomic E-state index is 12.7. The standard InChI is InChI=1S/C15H26N4O4S2/c1-18(2)25(21,22)17-13-6-5-11(7-14(13)23-4)15(20)19(3)8-12-9-24-10-16-12/h9-11,13-14,17H,5-8H2,1-4H3/t11-,13+,14+/m0/s1. The van der Waals surface area contributed by atoms with Crippen LogP contribution < -0.4 is 4.72 Å². The lowest BCUT2D eigenvalue weighted by Gasteiger charge is -2.36. The number of nitrogens with one attached hydrogen (secondary N) is 1. The molecule has 0 saturated heterocycles. The summed E-state index contributed by atoms with van der Waals surface area (Å²) in [6.45, 7) is 0.479. The highest BCUT2D eigenvalue weighted by molar-refractivity contribution is 7.87. The van der Waals surface area contributed by atoms with Gasteiger partial charge in [-0.15, -0.1) is 11.3 Å². The molecule has 0 unspecified atom stereocenters. The molecule has 8 nitrogen and oxygen atoms in total. The molecule has 1 aliphatic rings. The van der Waals surface area contributed by atoms with Gasteiger partial charge in [-0.3, -0.25) is 4.79 Å². The summed E-state index contributed by atoms with van der Waals surface area (Å²) in [6, 6.07) is -0.328. The molecule has 142 valence electrons. The lowest BCUT2D eigenvalue weighted by molar-refractivity contribution is -0.137. The molecular formula is C15H26N4O4S2. The smallest absolute Gasteiger partial charge is 0.279 e. The van der Waals surface area contributed by atoms with E-state index in [4.69, 9.17) is 4.74 Å². The van der Waals surface area contributed by atoms with Crippen molar-refractivity contribution in [3.8, 4) is 0 Å².